The molecule has 0 aromatic carbocycles. The molecular formula is C16H26N2O2S. The van der Waals surface area contributed by atoms with Crippen LogP contribution in [-0.2, 0) is 4.74 Å². The maximum Gasteiger partial charge on any atom is 0.343 e. The molecule has 1 atom stereocenters. The van der Waals surface area contributed by atoms with Crippen molar-refractivity contribution in [3.05, 3.63) is 11.3 Å². The van der Waals surface area contributed by atoms with Crippen LogP contribution in [0.25, 0.3) is 0 Å². The number of nitrogens with zero attached hydrogens (tertiary/aromatic N) is 1. The standard InChI is InChI=1S/C16H26N2O2S/c1-4-13(12-9-7-6-8-10-12)17-15-14(11(3)18-21-15)16(19)20-5-2/h12-13,17H,4-10H2,1-3H3. The predicted octanol–water partition coefficient (Wildman–Crippen LogP) is 4.40. The van der Waals surface area contributed by atoms with E-state index in [2.05, 4.69) is 16.6 Å². The highest BCUT2D eigenvalue weighted by molar-refractivity contribution is 7.10. The van der Waals surface area contributed by atoms with Gasteiger partial charge in [0.1, 0.15) is 10.6 Å². The highest BCUT2D eigenvalue weighted by Gasteiger charge is 2.26. The van der Waals surface area contributed by atoms with Crippen LogP contribution in [0.4, 0.5) is 5.00 Å². The number of rotatable bonds is 6. The van der Waals surface area contributed by atoms with Crippen molar-refractivity contribution in [1.29, 1.82) is 0 Å². The molecule has 0 saturated heterocycles. The van der Waals surface area contributed by atoms with Crippen LogP contribution < -0.4 is 5.32 Å². The van der Waals surface area contributed by atoms with E-state index in [1.807, 2.05) is 13.8 Å². The highest BCUT2D eigenvalue weighted by atomic mass is 32.1. The highest BCUT2D eigenvalue weighted by Crippen LogP contribution is 2.32. The number of aromatic nitrogens is 1. The average molecular weight is 310 g/mol. The minimum absolute atomic E-state index is 0.259. The lowest BCUT2D eigenvalue weighted by atomic mass is 9.83. The minimum atomic E-state index is -0.259. The van der Waals surface area contributed by atoms with Gasteiger partial charge in [-0.1, -0.05) is 26.2 Å². The zero-order chi connectivity index (χ0) is 15.2. The van der Waals surface area contributed by atoms with E-state index in [0.29, 0.717) is 24.1 Å². The Kier molecular flexibility index (Phi) is 6.03. The van der Waals surface area contributed by atoms with Crippen molar-refractivity contribution in [2.75, 3.05) is 11.9 Å². The average Bonchev–Trinajstić information content (AvgIpc) is 2.86. The number of hydrogen-bond donors (Lipinski definition) is 1. The summed E-state index contributed by atoms with van der Waals surface area (Å²) in [5, 5.41) is 4.46. The van der Waals surface area contributed by atoms with Gasteiger partial charge in [-0.3, -0.25) is 0 Å². The molecule has 1 N–H and O–H groups in total. The fraction of sp³-hybridized carbons (Fsp3) is 0.750. The summed E-state index contributed by atoms with van der Waals surface area (Å²) in [7, 11) is 0. The zero-order valence-corrected chi connectivity index (χ0v) is 14.1. The van der Waals surface area contributed by atoms with Gasteiger partial charge in [0.15, 0.2) is 0 Å². The summed E-state index contributed by atoms with van der Waals surface area (Å²) in [5.74, 6) is 0.450. The SMILES string of the molecule is CCOC(=O)c1c(C)nsc1NC(CC)C1CCCCC1. The quantitative estimate of drug-likeness (QED) is 0.791. The lowest BCUT2D eigenvalue weighted by Gasteiger charge is -2.30. The van der Waals surface area contributed by atoms with Gasteiger partial charge in [-0.15, -0.1) is 0 Å². The third kappa shape index (κ3) is 3.96. The van der Waals surface area contributed by atoms with Crippen molar-refractivity contribution < 1.29 is 9.53 Å². The molecule has 1 aromatic heterocycles. The smallest absolute Gasteiger partial charge is 0.343 e. The maximum absolute atomic E-state index is 12.1. The summed E-state index contributed by atoms with van der Waals surface area (Å²) >= 11 is 1.38. The Morgan fingerprint density at radius 2 is 2.10 bits per heavy atom. The lowest BCUT2D eigenvalue weighted by molar-refractivity contribution is 0.0527. The van der Waals surface area contributed by atoms with Crippen LogP contribution in [0.1, 0.15) is 68.4 Å². The number of carbonyl (C=O) groups is 1. The number of esters is 1. The number of aryl methyl sites for hydroxylation is 1. The molecule has 2 rings (SSSR count). The van der Waals surface area contributed by atoms with Crippen molar-refractivity contribution in [2.45, 2.75) is 65.3 Å². The molecule has 0 spiro atoms. The van der Waals surface area contributed by atoms with Crippen molar-refractivity contribution in [2.24, 2.45) is 5.92 Å². The van der Waals surface area contributed by atoms with Gasteiger partial charge in [0.2, 0.25) is 0 Å². The van der Waals surface area contributed by atoms with Gasteiger partial charge in [0.05, 0.1) is 12.3 Å². The van der Waals surface area contributed by atoms with Gasteiger partial charge < -0.3 is 10.1 Å². The van der Waals surface area contributed by atoms with Crippen LogP contribution >= 0.6 is 11.5 Å². The second-order valence-electron chi connectivity index (χ2n) is 5.75. The Morgan fingerprint density at radius 3 is 2.71 bits per heavy atom. The van der Waals surface area contributed by atoms with Crippen LogP contribution in [0, 0.1) is 12.8 Å². The van der Waals surface area contributed by atoms with E-state index in [1.165, 1.54) is 43.6 Å². The summed E-state index contributed by atoms with van der Waals surface area (Å²) < 4.78 is 9.49. The first-order chi connectivity index (χ1) is 10.2. The van der Waals surface area contributed by atoms with Gasteiger partial charge >= 0.3 is 5.97 Å². The van der Waals surface area contributed by atoms with Crippen LogP contribution in [-0.4, -0.2) is 23.0 Å². The topological polar surface area (TPSA) is 51.2 Å². The first-order valence-electron chi connectivity index (χ1n) is 8.07. The fourth-order valence-corrected chi connectivity index (χ4v) is 4.02. The molecular weight excluding hydrogens is 284 g/mol. The molecule has 118 valence electrons. The molecule has 5 heteroatoms. The van der Waals surface area contributed by atoms with E-state index in [0.717, 1.165) is 17.1 Å². The van der Waals surface area contributed by atoms with Crippen molar-refractivity contribution in [1.82, 2.24) is 4.37 Å². The number of ether oxygens (including phenoxy) is 1. The molecule has 0 aliphatic heterocycles. The lowest BCUT2D eigenvalue weighted by Crippen LogP contribution is -2.30. The van der Waals surface area contributed by atoms with Gasteiger partial charge in [-0.2, -0.15) is 4.37 Å². The Balaban J connectivity index is 2.11. The largest absolute Gasteiger partial charge is 0.462 e. The first kappa shape index (κ1) is 16.3. The molecule has 21 heavy (non-hydrogen) atoms. The van der Waals surface area contributed by atoms with E-state index >= 15 is 0 Å². The molecule has 1 fully saturated rings. The van der Waals surface area contributed by atoms with E-state index in [1.54, 1.807) is 0 Å². The van der Waals surface area contributed by atoms with Crippen LogP contribution in [0.3, 0.4) is 0 Å². The molecule has 1 aliphatic rings. The Morgan fingerprint density at radius 1 is 1.38 bits per heavy atom. The van der Waals surface area contributed by atoms with Crippen molar-refractivity contribution in [3.63, 3.8) is 0 Å². The van der Waals surface area contributed by atoms with E-state index in [4.69, 9.17) is 4.74 Å². The van der Waals surface area contributed by atoms with Crippen LogP contribution in [0.5, 0.6) is 0 Å². The van der Waals surface area contributed by atoms with Gasteiger partial charge in [-0.25, -0.2) is 4.79 Å². The van der Waals surface area contributed by atoms with E-state index in [9.17, 15) is 4.79 Å². The van der Waals surface area contributed by atoms with E-state index < -0.39 is 0 Å². The molecule has 0 radical (unpaired) electrons. The van der Waals surface area contributed by atoms with Crippen molar-refractivity contribution >= 4 is 22.5 Å². The molecule has 1 heterocycles. The summed E-state index contributed by atoms with van der Waals surface area (Å²) in [5.41, 5.74) is 1.38. The third-order valence-corrected chi connectivity index (χ3v) is 5.19. The Labute approximate surface area is 131 Å². The molecule has 1 unspecified atom stereocenters. The number of nitrogens with one attached hydrogen (secondary N) is 1. The van der Waals surface area contributed by atoms with Crippen molar-refractivity contribution in [3.8, 4) is 0 Å². The van der Waals surface area contributed by atoms with Gasteiger partial charge in [-0.05, 0) is 50.6 Å². The second-order valence-corrected chi connectivity index (χ2v) is 6.52. The summed E-state index contributed by atoms with van der Waals surface area (Å²) in [6, 6.07) is 0.429. The summed E-state index contributed by atoms with van der Waals surface area (Å²) in [6.07, 6.45) is 7.67. The second kappa shape index (κ2) is 7.78. The van der Waals surface area contributed by atoms with Crippen LogP contribution in [0.15, 0.2) is 0 Å². The molecule has 0 amide bonds. The summed E-state index contributed by atoms with van der Waals surface area (Å²) in [4.78, 5) is 12.1. The molecule has 0 bridgehead atoms. The molecule has 4 nitrogen and oxygen atoms in total. The monoisotopic (exact) mass is 310 g/mol. The maximum atomic E-state index is 12.1. The number of anilines is 1. The van der Waals surface area contributed by atoms with Crippen LogP contribution in [0.2, 0.25) is 0 Å². The Hall–Kier alpha value is -1.10. The normalized spacial score (nSPS) is 17.5. The zero-order valence-electron chi connectivity index (χ0n) is 13.3. The Bertz CT molecular complexity index is 467. The number of hydrogen-bond acceptors (Lipinski definition) is 5. The van der Waals surface area contributed by atoms with E-state index in [-0.39, 0.29) is 5.97 Å². The molecule has 1 saturated carbocycles. The van der Waals surface area contributed by atoms with Gasteiger partial charge in [0, 0.05) is 6.04 Å². The molecule has 1 aliphatic carbocycles. The fourth-order valence-electron chi connectivity index (χ4n) is 3.17. The third-order valence-electron chi connectivity index (χ3n) is 4.32. The van der Waals surface area contributed by atoms with Gasteiger partial charge in [0.25, 0.3) is 0 Å². The molecule has 1 aromatic rings. The first-order valence-corrected chi connectivity index (χ1v) is 8.84. The minimum Gasteiger partial charge on any atom is -0.462 e. The number of carbonyl (C=O) groups excluding carboxylic acids is 1. The summed E-state index contributed by atoms with van der Waals surface area (Å²) in [6.45, 7) is 6.31. The predicted molar refractivity (Wildman–Crippen MR) is 87.1 cm³/mol.